The lowest BCUT2D eigenvalue weighted by Gasteiger charge is -2.27. The van der Waals surface area contributed by atoms with Crippen molar-refractivity contribution in [1.29, 1.82) is 0 Å². The third-order valence-electron chi connectivity index (χ3n) is 7.04. The molecule has 42 heavy (non-hydrogen) atoms. The number of amides is 3. The Morgan fingerprint density at radius 1 is 1.07 bits per heavy atom. The lowest BCUT2D eigenvalue weighted by Crippen LogP contribution is -2.42. The molecule has 10 heteroatoms. The van der Waals surface area contributed by atoms with Gasteiger partial charge in [0.15, 0.2) is 5.17 Å². The van der Waals surface area contributed by atoms with Crippen LogP contribution in [0.5, 0.6) is 5.75 Å². The highest BCUT2D eigenvalue weighted by Crippen LogP contribution is 2.36. The Morgan fingerprint density at radius 2 is 1.86 bits per heavy atom. The van der Waals surface area contributed by atoms with Crippen LogP contribution in [-0.2, 0) is 20.9 Å². The second kappa shape index (κ2) is 13.0. The highest BCUT2D eigenvalue weighted by Gasteiger charge is 2.42. The van der Waals surface area contributed by atoms with Gasteiger partial charge in [0.1, 0.15) is 17.6 Å². The van der Waals surface area contributed by atoms with E-state index in [0.29, 0.717) is 29.7 Å². The largest absolute Gasteiger partial charge is 0.497 e. The molecular weight excluding hydrogens is 550 g/mol. The van der Waals surface area contributed by atoms with Crippen molar-refractivity contribution in [1.82, 2.24) is 10.2 Å². The molecule has 0 radical (unpaired) electrons. The molecule has 0 spiro atoms. The first-order valence-corrected chi connectivity index (χ1v) is 14.8. The summed E-state index contributed by atoms with van der Waals surface area (Å²) in [5.74, 6) is 0.685. The van der Waals surface area contributed by atoms with Crippen molar-refractivity contribution in [2.75, 3.05) is 12.4 Å². The Balaban J connectivity index is 1.27. The van der Waals surface area contributed by atoms with E-state index in [1.807, 2.05) is 86.6 Å². The summed E-state index contributed by atoms with van der Waals surface area (Å²) >= 11 is 1.25. The minimum absolute atomic E-state index is 0.148. The van der Waals surface area contributed by atoms with Crippen LogP contribution < -0.4 is 15.4 Å². The fourth-order valence-corrected chi connectivity index (χ4v) is 5.78. The number of anilines is 1. The first kappa shape index (κ1) is 29.1. The van der Waals surface area contributed by atoms with Crippen molar-refractivity contribution in [2.24, 2.45) is 9.98 Å². The van der Waals surface area contributed by atoms with Crippen molar-refractivity contribution in [3.8, 4) is 5.75 Å². The van der Waals surface area contributed by atoms with Gasteiger partial charge in [-0.15, -0.1) is 0 Å². The molecule has 5 rings (SSSR count). The van der Waals surface area contributed by atoms with Gasteiger partial charge in [-0.3, -0.25) is 19.4 Å². The summed E-state index contributed by atoms with van der Waals surface area (Å²) in [5.41, 5.74) is 4.16. The average Bonchev–Trinajstić information content (AvgIpc) is 3.34. The van der Waals surface area contributed by atoms with Gasteiger partial charge in [-0.05, 0) is 67.3 Å². The van der Waals surface area contributed by atoms with Crippen molar-refractivity contribution >= 4 is 51.9 Å². The number of para-hydroxylation sites is 1. The summed E-state index contributed by atoms with van der Waals surface area (Å²) in [7, 11) is 1.61. The van der Waals surface area contributed by atoms with Gasteiger partial charge >= 0.3 is 0 Å². The normalized spacial score (nSPS) is 16.1. The maximum absolute atomic E-state index is 13.7. The van der Waals surface area contributed by atoms with Crippen molar-refractivity contribution in [3.05, 3.63) is 89.5 Å². The standard InChI is InChI=1S/C32H33N5O4S/c1-4-27(30(39)34-22-9-7-8-20(2)18-22)42-32-36-25-11-6-5-10-24(25)29-35-26(31(40)37(29)32)16-17-28(38)33-19-21-12-14-23(41-3)15-13-21/h5-15,18,26-27H,4,16-17,19H2,1-3H3,(H,33,38)(H,34,39)/t26-,27-/m0/s1. The van der Waals surface area contributed by atoms with E-state index in [-0.39, 0.29) is 30.6 Å². The minimum atomic E-state index is -0.718. The number of ether oxygens (including phenoxy) is 1. The molecule has 2 aliphatic heterocycles. The number of rotatable bonds is 10. The van der Waals surface area contributed by atoms with Gasteiger partial charge in [0, 0.05) is 24.2 Å². The predicted octanol–water partition coefficient (Wildman–Crippen LogP) is 5.21. The number of hydrogen-bond acceptors (Lipinski definition) is 7. The zero-order chi connectivity index (χ0) is 29.6. The van der Waals surface area contributed by atoms with Gasteiger partial charge in [0.05, 0.1) is 18.0 Å². The van der Waals surface area contributed by atoms with Gasteiger partial charge in [-0.25, -0.2) is 9.89 Å². The van der Waals surface area contributed by atoms with Crippen molar-refractivity contribution in [2.45, 2.75) is 50.9 Å². The Labute approximate surface area is 249 Å². The number of thioether (sulfide) groups is 1. The van der Waals surface area contributed by atoms with Crippen LogP contribution in [0, 0.1) is 6.92 Å². The number of hydrogen-bond donors (Lipinski definition) is 2. The molecule has 0 unspecified atom stereocenters. The summed E-state index contributed by atoms with van der Waals surface area (Å²) in [6, 6.07) is 21.9. The molecule has 2 N–H and O–H groups in total. The third-order valence-corrected chi connectivity index (χ3v) is 8.35. The number of amidine groups is 2. The molecule has 0 saturated carbocycles. The van der Waals surface area contributed by atoms with Gasteiger partial charge in [0.25, 0.3) is 5.91 Å². The summed E-state index contributed by atoms with van der Waals surface area (Å²) in [6.07, 6.45) is 0.947. The van der Waals surface area contributed by atoms with Crippen LogP contribution in [0.3, 0.4) is 0 Å². The molecule has 0 saturated heterocycles. The maximum atomic E-state index is 13.7. The number of aryl methyl sites for hydroxylation is 1. The van der Waals surface area contributed by atoms with Crippen LogP contribution in [0.2, 0.25) is 0 Å². The molecule has 0 fully saturated rings. The summed E-state index contributed by atoms with van der Waals surface area (Å²) in [5, 5.41) is 5.82. The third kappa shape index (κ3) is 6.54. The van der Waals surface area contributed by atoms with Gasteiger partial charge < -0.3 is 15.4 Å². The van der Waals surface area contributed by atoms with Gasteiger partial charge in [-0.2, -0.15) is 0 Å². The maximum Gasteiger partial charge on any atom is 0.259 e. The Kier molecular flexibility index (Phi) is 9.02. The van der Waals surface area contributed by atoms with Crippen molar-refractivity contribution in [3.63, 3.8) is 0 Å². The zero-order valence-corrected chi connectivity index (χ0v) is 24.6. The number of benzene rings is 3. The number of nitrogens with one attached hydrogen (secondary N) is 2. The van der Waals surface area contributed by atoms with Crippen molar-refractivity contribution < 1.29 is 19.1 Å². The number of carbonyl (C=O) groups is 3. The second-order valence-corrected chi connectivity index (χ2v) is 11.3. The molecule has 9 nitrogen and oxygen atoms in total. The summed E-state index contributed by atoms with van der Waals surface area (Å²) < 4.78 is 5.17. The fraction of sp³-hybridized carbons (Fsp3) is 0.281. The number of methoxy groups -OCH3 is 1. The molecule has 2 atom stereocenters. The highest BCUT2D eigenvalue weighted by atomic mass is 32.2. The fourth-order valence-electron chi connectivity index (χ4n) is 4.76. The van der Waals surface area contributed by atoms with Crippen LogP contribution in [0.25, 0.3) is 0 Å². The van der Waals surface area contributed by atoms with Crippen LogP contribution in [0.15, 0.2) is 82.8 Å². The lowest BCUT2D eigenvalue weighted by atomic mass is 10.1. The number of carbonyl (C=O) groups excluding carboxylic acids is 3. The molecule has 2 heterocycles. The first-order valence-electron chi connectivity index (χ1n) is 13.9. The molecule has 0 aliphatic carbocycles. The zero-order valence-electron chi connectivity index (χ0n) is 23.8. The number of fused-ring (bicyclic) bond motifs is 3. The van der Waals surface area contributed by atoms with Gasteiger partial charge in [-0.1, -0.05) is 55.1 Å². The Morgan fingerprint density at radius 3 is 2.60 bits per heavy atom. The Hall–Kier alpha value is -4.44. The monoisotopic (exact) mass is 583 g/mol. The molecule has 3 aromatic carbocycles. The second-order valence-electron chi connectivity index (χ2n) is 10.1. The van der Waals surface area contributed by atoms with Crippen LogP contribution in [-0.4, -0.2) is 52.0 Å². The predicted molar refractivity (Wildman–Crippen MR) is 166 cm³/mol. The van der Waals surface area contributed by atoms with E-state index < -0.39 is 11.3 Å². The summed E-state index contributed by atoms with van der Waals surface area (Å²) in [4.78, 5) is 50.5. The first-order chi connectivity index (χ1) is 20.4. The van der Waals surface area contributed by atoms with Crippen LogP contribution >= 0.6 is 11.8 Å². The van der Waals surface area contributed by atoms with Crippen LogP contribution in [0.4, 0.5) is 11.4 Å². The highest BCUT2D eigenvalue weighted by molar-refractivity contribution is 8.15. The van der Waals surface area contributed by atoms with Crippen LogP contribution in [0.1, 0.15) is 42.9 Å². The quantitative estimate of drug-likeness (QED) is 0.340. The van der Waals surface area contributed by atoms with E-state index in [1.165, 1.54) is 16.7 Å². The van der Waals surface area contributed by atoms with E-state index >= 15 is 0 Å². The molecule has 3 amide bonds. The van der Waals surface area contributed by atoms with E-state index in [9.17, 15) is 14.4 Å². The average molecular weight is 584 g/mol. The molecule has 2 aliphatic rings. The van der Waals surface area contributed by atoms with Gasteiger partial charge in [0.2, 0.25) is 11.8 Å². The van der Waals surface area contributed by atoms with E-state index in [4.69, 9.17) is 14.7 Å². The SMILES string of the molecule is CC[C@H](SC1=Nc2ccccc2C2=N[C@@H](CCC(=O)NCc3ccc(OC)cc3)C(=O)N12)C(=O)Nc1cccc(C)c1. The molecule has 0 aromatic heterocycles. The van der Waals surface area contributed by atoms with E-state index in [2.05, 4.69) is 10.6 Å². The smallest absolute Gasteiger partial charge is 0.259 e. The number of nitrogens with zero attached hydrogens (tertiary/aromatic N) is 3. The molecule has 0 bridgehead atoms. The Bertz CT molecular complexity index is 1550. The van der Waals surface area contributed by atoms with E-state index in [1.54, 1.807) is 7.11 Å². The topological polar surface area (TPSA) is 112 Å². The van der Waals surface area contributed by atoms with E-state index in [0.717, 1.165) is 28.1 Å². The lowest BCUT2D eigenvalue weighted by molar-refractivity contribution is -0.125. The summed E-state index contributed by atoms with van der Waals surface area (Å²) in [6.45, 7) is 4.28. The molecule has 216 valence electrons. The molecular formula is C32H33N5O4S. The molecule has 3 aromatic rings. The minimum Gasteiger partial charge on any atom is -0.497 e. The number of aliphatic imine (C=N–C) groups is 2.